The molecule has 1 unspecified atom stereocenters. The van der Waals surface area contributed by atoms with Crippen molar-refractivity contribution in [2.24, 2.45) is 5.92 Å². The van der Waals surface area contributed by atoms with Gasteiger partial charge >= 0.3 is 0 Å². The van der Waals surface area contributed by atoms with Gasteiger partial charge in [0.15, 0.2) is 5.65 Å². The molecule has 1 atom stereocenters. The number of hydrogen-bond donors (Lipinski definition) is 2. The van der Waals surface area contributed by atoms with Crippen LogP contribution in [0.5, 0.6) is 0 Å². The minimum Gasteiger partial charge on any atom is -0.371 e. The number of para-hydroxylation sites is 1. The van der Waals surface area contributed by atoms with E-state index >= 15 is 0 Å². The van der Waals surface area contributed by atoms with Gasteiger partial charge in [-0.1, -0.05) is 18.2 Å². The highest BCUT2D eigenvalue weighted by molar-refractivity contribution is 5.74. The van der Waals surface area contributed by atoms with Crippen LogP contribution in [0.1, 0.15) is 27.2 Å². The Bertz CT molecular complexity index is 985. The van der Waals surface area contributed by atoms with Gasteiger partial charge in [0.05, 0.1) is 11.7 Å². The van der Waals surface area contributed by atoms with Gasteiger partial charge in [-0.2, -0.15) is 10.1 Å². The van der Waals surface area contributed by atoms with Crippen LogP contribution in [0, 0.1) is 5.92 Å². The highest BCUT2D eigenvalue weighted by Gasteiger charge is 2.23. The molecule has 2 aromatic heterocycles. The Morgan fingerprint density at radius 2 is 2.04 bits per heavy atom. The molecule has 1 fully saturated rings. The standard InChI is InChI=1S/C20H26N6O/c1-20(2,3)26-17-16(12-22-26)18(27)24-19(23-17)21-11-14-9-10-25(13-14)15-7-5-4-6-8-15/h4-8,12,14H,9-11,13H2,1-3H3,(H2,21,23,24,27). The fraction of sp³-hybridized carbons (Fsp3) is 0.450. The number of aromatic nitrogens is 4. The van der Waals surface area contributed by atoms with Crippen molar-refractivity contribution in [3.05, 3.63) is 46.9 Å². The second kappa shape index (κ2) is 6.72. The van der Waals surface area contributed by atoms with E-state index in [1.165, 1.54) is 5.69 Å². The van der Waals surface area contributed by atoms with Crippen LogP contribution in [0.2, 0.25) is 0 Å². The average Bonchev–Trinajstić information content (AvgIpc) is 3.27. The first-order valence-corrected chi connectivity index (χ1v) is 9.44. The maximum atomic E-state index is 12.4. The minimum absolute atomic E-state index is 0.157. The van der Waals surface area contributed by atoms with Crippen LogP contribution < -0.4 is 15.8 Å². The monoisotopic (exact) mass is 366 g/mol. The number of H-pyrrole nitrogens is 1. The quantitative estimate of drug-likeness (QED) is 0.742. The Kier molecular flexibility index (Phi) is 4.37. The summed E-state index contributed by atoms with van der Waals surface area (Å²) in [6.07, 6.45) is 2.71. The zero-order valence-corrected chi connectivity index (χ0v) is 16.1. The van der Waals surface area contributed by atoms with Crippen molar-refractivity contribution in [2.45, 2.75) is 32.7 Å². The molecular formula is C20H26N6O. The Balaban J connectivity index is 1.47. The van der Waals surface area contributed by atoms with Crippen molar-refractivity contribution in [1.29, 1.82) is 0 Å². The number of hydrogen-bond acceptors (Lipinski definition) is 5. The molecule has 4 rings (SSSR count). The molecule has 0 saturated carbocycles. The van der Waals surface area contributed by atoms with Gasteiger partial charge in [-0.25, -0.2) is 4.68 Å². The van der Waals surface area contributed by atoms with E-state index < -0.39 is 0 Å². The first-order chi connectivity index (χ1) is 12.9. The third-order valence-corrected chi connectivity index (χ3v) is 5.04. The van der Waals surface area contributed by atoms with Gasteiger partial charge in [0.1, 0.15) is 5.39 Å². The van der Waals surface area contributed by atoms with Crippen LogP contribution in [-0.2, 0) is 5.54 Å². The normalized spacial score (nSPS) is 17.6. The molecule has 0 radical (unpaired) electrons. The van der Waals surface area contributed by atoms with E-state index in [1.807, 2.05) is 26.8 Å². The highest BCUT2D eigenvalue weighted by Crippen LogP contribution is 2.24. The zero-order valence-electron chi connectivity index (χ0n) is 16.1. The second-order valence-electron chi connectivity index (χ2n) is 8.20. The molecular weight excluding hydrogens is 340 g/mol. The van der Waals surface area contributed by atoms with E-state index in [2.05, 4.69) is 49.5 Å². The second-order valence-corrected chi connectivity index (χ2v) is 8.20. The van der Waals surface area contributed by atoms with Gasteiger partial charge in [0.25, 0.3) is 5.56 Å². The first kappa shape index (κ1) is 17.6. The van der Waals surface area contributed by atoms with E-state index in [9.17, 15) is 4.79 Å². The molecule has 7 nitrogen and oxygen atoms in total. The summed E-state index contributed by atoms with van der Waals surface area (Å²) >= 11 is 0. The molecule has 1 aromatic carbocycles. The molecule has 7 heteroatoms. The van der Waals surface area contributed by atoms with Gasteiger partial charge in [-0.3, -0.25) is 9.78 Å². The van der Waals surface area contributed by atoms with Gasteiger partial charge in [-0.05, 0) is 45.2 Å². The van der Waals surface area contributed by atoms with Crippen LogP contribution in [-0.4, -0.2) is 39.4 Å². The number of aromatic amines is 1. The topological polar surface area (TPSA) is 78.8 Å². The molecule has 1 aliphatic heterocycles. The molecule has 0 amide bonds. The fourth-order valence-corrected chi connectivity index (χ4v) is 3.61. The SMILES string of the molecule is CC(C)(C)n1ncc2c(=O)[nH]c(NCC3CCN(c4ccccc4)C3)nc21. The summed E-state index contributed by atoms with van der Waals surface area (Å²) in [5.41, 5.74) is 1.49. The average molecular weight is 366 g/mol. The van der Waals surface area contributed by atoms with Gasteiger partial charge in [0, 0.05) is 25.3 Å². The lowest BCUT2D eigenvalue weighted by atomic mass is 10.1. The summed E-state index contributed by atoms with van der Waals surface area (Å²) in [5.74, 6) is 1.02. The summed E-state index contributed by atoms with van der Waals surface area (Å²) < 4.78 is 1.80. The third kappa shape index (κ3) is 3.54. The molecule has 142 valence electrons. The van der Waals surface area contributed by atoms with Crippen LogP contribution in [0.4, 0.5) is 11.6 Å². The van der Waals surface area contributed by atoms with Gasteiger partial charge in [0.2, 0.25) is 5.95 Å². The van der Waals surface area contributed by atoms with Crippen LogP contribution in [0.25, 0.3) is 11.0 Å². The van der Waals surface area contributed by atoms with Crippen LogP contribution >= 0.6 is 0 Å². The van der Waals surface area contributed by atoms with Gasteiger partial charge < -0.3 is 10.2 Å². The van der Waals surface area contributed by atoms with Gasteiger partial charge in [-0.15, -0.1) is 0 Å². The molecule has 3 aromatic rings. The molecule has 0 bridgehead atoms. The fourth-order valence-electron chi connectivity index (χ4n) is 3.61. The molecule has 1 aliphatic rings. The molecule has 3 heterocycles. The van der Waals surface area contributed by atoms with Crippen molar-refractivity contribution in [3.8, 4) is 0 Å². The summed E-state index contributed by atoms with van der Waals surface area (Å²) in [4.78, 5) is 22.2. The molecule has 2 N–H and O–H groups in total. The minimum atomic E-state index is -0.235. The molecule has 0 spiro atoms. The zero-order chi connectivity index (χ0) is 19.0. The largest absolute Gasteiger partial charge is 0.371 e. The van der Waals surface area contributed by atoms with E-state index in [4.69, 9.17) is 0 Å². The molecule has 0 aliphatic carbocycles. The van der Waals surface area contributed by atoms with E-state index in [0.29, 0.717) is 22.9 Å². The third-order valence-electron chi connectivity index (χ3n) is 5.04. The van der Waals surface area contributed by atoms with Crippen molar-refractivity contribution in [3.63, 3.8) is 0 Å². The molecule has 27 heavy (non-hydrogen) atoms. The predicted molar refractivity (Wildman–Crippen MR) is 108 cm³/mol. The highest BCUT2D eigenvalue weighted by atomic mass is 16.1. The van der Waals surface area contributed by atoms with E-state index in [-0.39, 0.29) is 11.1 Å². The smallest absolute Gasteiger partial charge is 0.263 e. The van der Waals surface area contributed by atoms with E-state index in [0.717, 1.165) is 26.1 Å². The number of fused-ring (bicyclic) bond motifs is 1. The summed E-state index contributed by atoms with van der Waals surface area (Å²) in [5, 5.41) is 8.19. The number of benzene rings is 1. The van der Waals surface area contributed by atoms with Crippen molar-refractivity contribution in [1.82, 2.24) is 19.7 Å². The Hall–Kier alpha value is -2.83. The number of nitrogens with zero attached hydrogens (tertiary/aromatic N) is 4. The van der Waals surface area contributed by atoms with Crippen LogP contribution in [0.3, 0.4) is 0 Å². The Morgan fingerprint density at radius 1 is 1.26 bits per heavy atom. The number of anilines is 2. The lowest BCUT2D eigenvalue weighted by molar-refractivity contribution is 0.366. The number of nitrogens with one attached hydrogen (secondary N) is 2. The maximum Gasteiger partial charge on any atom is 0.263 e. The Morgan fingerprint density at radius 3 is 2.78 bits per heavy atom. The first-order valence-electron chi connectivity index (χ1n) is 9.44. The van der Waals surface area contributed by atoms with Crippen molar-refractivity contribution >= 4 is 22.7 Å². The lowest BCUT2D eigenvalue weighted by Crippen LogP contribution is -2.25. The lowest BCUT2D eigenvalue weighted by Gasteiger charge is -2.20. The molecule has 1 saturated heterocycles. The maximum absolute atomic E-state index is 12.4. The van der Waals surface area contributed by atoms with Crippen molar-refractivity contribution in [2.75, 3.05) is 29.9 Å². The van der Waals surface area contributed by atoms with Crippen molar-refractivity contribution < 1.29 is 0 Å². The summed E-state index contributed by atoms with van der Waals surface area (Å²) in [6.45, 7) is 8.98. The summed E-state index contributed by atoms with van der Waals surface area (Å²) in [6, 6.07) is 10.5. The summed E-state index contributed by atoms with van der Waals surface area (Å²) in [7, 11) is 0. The predicted octanol–water partition coefficient (Wildman–Crippen LogP) is 2.81. The van der Waals surface area contributed by atoms with Crippen LogP contribution in [0.15, 0.2) is 41.3 Å². The Labute approximate surface area is 158 Å². The number of rotatable bonds is 4. The van der Waals surface area contributed by atoms with E-state index in [1.54, 1.807) is 10.9 Å².